The van der Waals surface area contributed by atoms with Crippen molar-refractivity contribution >= 4 is 39.1 Å². The molecule has 1 aliphatic rings. The molecule has 0 saturated carbocycles. The van der Waals surface area contributed by atoms with Crippen molar-refractivity contribution in [2.24, 2.45) is 0 Å². The first-order valence-electron chi connectivity index (χ1n) is 6.63. The third-order valence-corrected chi connectivity index (χ3v) is 4.80. The van der Waals surface area contributed by atoms with E-state index in [1.54, 1.807) is 13.0 Å². The van der Waals surface area contributed by atoms with Crippen LogP contribution in [0.1, 0.15) is 29.4 Å². The van der Waals surface area contributed by atoms with E-state index in [9.17, 15) is 9.59 Å². The largest absolute Gasteiger partial charge is 0.350 e. The fourth-order valence-corrected chi connectivity index (χ4v) is 3.36. The summed E-state index contributed by atoms with van der Waals surface area (Å²) >= 11 is 4.66. The second-order valence-electron chi connectivity index (χ2n) is 4.85. The van der Waals surface area contributed by atoms with Gasteiger partial charge in [-0.2, -0.15) is 0 Å². The van der Waals surface area contributed by atoms with Crippen LogP contribution < -0.4 is 16.0 Å². The van der Waals surface area contributed by atoms with Crippen LogP contribution in [0.15, 0.2) is 15.9 Å². The summed E-state index contributed by atoms with van der Waals surface area (Å²) in [6.45, 7) is 3.50. The number of amides is 2. The number of halogens is 1. The molecule has 3 N–H and O–H groups in total. The molecule has 1 aromatic rings. The highest BCUT2D eigenvalue weighted by molar-refractivity contribution is 9.11. The summed E-state index contributed by atoms with van der Waals surface area (Å²) in [5.41, 5.74) is 0. The Labute approximate surface area is 130 Å². The van der Waals surface area contributed by atoms with Crippen molar-refractivity contribution < 1.29 is 9.59 Å². The summed E-state index contributed by atoms with van der Waals surface area (Å²) in [5.74, 6) is -0.354. The van der Waals surface area contributed by atoms with E-state index in [1.165, 1.54) is 11.3 Å². The molecule has 2 amide bonds. The molecular weight excluding hydrogens is 342 g/mol. The first-order chi connectivity index (χ1) is 9.56. The monoisotopic (exact) mass is 359 g/mol. The molecule has 1 aromatic heterocycles. The number of rotatable bonds is 4. The number of piperidine rings is 1. The summed E-state index contributed by atoms with van der Waals surface area (Å²) in [4.78, 5) is 24.6. The SMILES string of the molecule is CC(NC(=O)c1ccc(Br)s1)C(=O)NC1CCCNC1. The first-order valence-corrected chi connectivity index (χ1v) is 8.24. The summed E-state index contributed by atoms with van der Waals surface area (Å²) in [5, 5.41) is 8.92. The van der Waals surface area contributed by atoms with E-state index in [0.29, 0.717) is 4.88 Å². The van der Waals surface area contributed by atoms with Gasteiger partial charge >= 0.3 is 0 Å². The van der Waals surface area contributed by atoms with Crippen molar-refractivity contribution in [2.45, 2.75) is 31.8 Å². The molecule has 1 fully saturated rings. The molecule has 0 aromatic carbocycles. The van der Waals surface area contributed by atoms with Crippen LogP contribution in [-0.2, 0) is 4.79 Å². The maximum atomic E-state index is 12.0. The van der Waals surface area contributed by atoms with Crippen LogP contribution in [-0.4, -0.2) is 37.0 Å². The van der Waals surface area contributed by atoms with E-state index in [2.05, 4.69) is 31.9 Å². The Morgan fingerprint density at radius 3 is 2.90 bits per heavy atom. The molecule has 2 atom stereocenters. The van der Waals surface area contributed by atoms with Gasteiger partial charge in [0.1, 0.15) is 6.04 Å². The number of carbonyl (C=O) groups excluding carboxylic acids is 2. The zero-order valence-corrected chi connectivity index (χ0v) is 13.6. The highest BCUT2D eigenvalue weighted by atomic mass is 79.9. The van der Waals surface area contributed by atoms with Gasteiger partial charge in [-0.25, -0.2) is 0 Å². The molecule has 1 saturated heterocycles. The van der Waals surface area contributed by atoms with Crippen LogP contribution in [0.5, 0.6) is 0 Å². The van der Waals surface area contributed by atoms with E-state index in [4.69, 9.17) is 0 Å². The Balaban J connectivity index is 1.82. The lowest BCUT2D eigenvalue weighted by Crippen LogP contribution is -2.52. The molecule has 0 aliphatic carbocycles. The van der Waals surface area contributed by atoms with Gasteiger partial charge in [-0.05, 0) is 54.4 Å². The molecule has 0 spiro atoms. The van der Waals surface area contributed by atoms with Gasteiger partial charge in [0.05, 0.1) is 8.66 Å². The predicted octanol–water partition coefficient (Wildman–Crippen LogP) is 1.50. The average molecular weight is 360 g/mol. The van der Waals surface area contributed by atoms with Crippen molar-refractivity contribution in [1.29, 1.82) is 0 Å². The van der Waals surface area contributed by atoms with Crippen molar-refractivity contribution in [2.75, 3.05) is 13.1 Å². The topological polar surface area (TPSA) is 70.2 Å². The van der Waals surface area contributed by atoms with Crippen LogP contribution in [0.25, 0.3) is 0 Å². The molecule has 1 aliphatic heterocycles. The number of hydrogen-bond donors (Lipinski definition) is 3. The highest BCUT2D eigenvalue weighted by Crippen LogP contribution is 2.21. The molecule has 2 rings (SSSR count). The maximum Gasteiger partial charge on any atom is 0.262 e. The van der Waals surface area contributed by atoms with Crippen LogP contribution in [0.4, 0.5) is 0 Å². The summed E-state index contributed by atoms with van der Waals surface area (Å²) in [7, 11) is 0. The molecule has 2 unspecified atom stereocenters. The zero-order chi connectivity index (χ0) is 14.5. The smallest absolute Gasteiger partial charge is 0.262 e. The molecule has 110 valence electrons. The minimum absolute atomic E-state index is 0.136. The fraction of sp³-hybridized carbons (Fsp3) is 0.538. The summed E-state index contributed by atoms with van der Waals surface area (Å²) in [6, 6.07) is 3.18. The number of hydrogen-bond acceptors (Lipinski definition) is 4. The molecular formula is C13H18BrN3O2S. The van der Waals surface area contributed by atoms with Crippen molar-refractivity contribution in [3.8, 4) is 0 Å². The minimum atomic E-state index is -0.537. The van der Waals surface area contributed by atoms with Crippen LogP contribution >= 0.6 is 27.3 Å². The fourth-order valence-electron chi connectivity index (χ4n) is 2.07. The Hall–Kier alpha value is -0.920. The number of thiophene rings is 1. The van der Waals surface area contributed by atoms with Gasteiger partial charge in [0.25, 0.3) is 5.91 Å². The van der Waals surface area contributed by atoms with Gasteiger partial charge in [-0.15, -0.1) is 11.3 Å². The molecule has 7 heteroatoms. The summed E-state index contributed by atoms with van der Waals surface area (Å²) in [6.07, 6.45) is 2.05. The van der Waals surface area contributed by atoms with E-state index in [0.717, 1.165) is 29.7 Å². The lowest BCUT2D eigenvalue weighted by atomic mass is 10.1. The molecule has 5 nitrogen and oxygen atoms in total. The van der Waals surface area contributed by atoms with Gasteiger partial charge in [-0.1, -0.05) is 0 Å². The average Bonchev–Trinajstić information content (AvgIpc) is 2.86. The van der Waals surface area contributed by atoms with Gasteiger partial charge in [0, 0.05) is 12.6 Å². The number of nitrogens with one attached hydrogen (secondary N) is 3. The standard InChI is InChI=1S/C13H18BrN3O2S/c1-8(12(18)17-9-3-2-6-15-7-9)16-13(19)10-4-5-11(14)20-10/h4-5,8-9,15H,2-3,6-7H2,1H3,(H,16,19)(H,17,18). The Bertz CT molecular complexity index is 486. The number of carbonyl (C=O) groups is 2. The lowest BCUT2D eigenvalue weighted by Gasteiger charge is -2.25. The second-order valence-corrected chi connectivity index (χ2v) is 7.31. The van der Waals surface area contributed by atoms with Gasteiger partial charge < -0.3 is 16.0 Å². The van der Waals surface area contributed by atoms with Gasteiger partial charge in [-0.3, -0.25) is 9.59 Å². The van der Waals surface area contributed by atoms with E-state index >= 15 is 0 Å². The first kappa shape index (κ1) is 15.5. The third kappa shape index (κ3) is 4.29. The van der Waals surface area contributed by atoms with Crippen LogP contribution in [0.3, 0.4) is 0 Å². The lowest BCUT2D eigenvalue weighted by molar-refractivity contribution is -0.123. The molecule has 0 bridgehead atoms. The van der Waals surface area contributed by atoms with Crippen molar-refractivity contribution in [3.63, 3.8) is 0 Å². The minimum Gasteiger partial charge on any atom is -0.350 e. The van der Waals surface area contributed by atoms with E-state index in [-0.39, 0.29) is 17.9 Å². The predicted molar refractivity (Wildman–Crippen MR) is 83.0 cm³/mol. The summed E-state index contributed by atoms with van der Waals surface area (Å²) < 4.78 is 0.896. The molecule has 0 radical (unpaired) electrons. The maximum absolute atomic E-state index is 12.0. The second kappa shape index (κ2) is 7.19. The third-order valence-electron chi connectivity index (χ3n) is 3.18. The zero-order valence-electron chi connectivity index (χ0n) is 11.2. The Morgan fingerprint density at radius 1 is 1.50 bits per heavy atom. The Kier molecular flexibility index (Phi) is 5.56. The quantitative estimate of drug-likeness (QED) is 0.762. The van der Waals surface area contributed by atoms with Gasteiger partial charge in [0.2, 0.25) is 5.91 Å². The Morgan fingerprint density at radius 2 is 2.30 bits per heavy atom. The van der Waals surface area contributed by atoms with Crippen LogP contribution in [0.2, 0.25) is 0 Å². The van der Waals surface area contributed by atoms with E-state index in [1.807, 2.05) is 6.07 Å². The van der Waals surface area contributed by atoms with Gasteiger partial charge in [0.15, 0.2) is 0 Å². The molecule has 20 heavy (non-hydrogen) atoms. The van der Waals surface area contributed by atoms with E-state index < -0.39 is 6.04 Å². The van der Waals surface area contributed by atoms with Crippen molar-refractivity contribution in [3.05, 3.63) is 20.8 Å². The normalized spacial score (nSPS) is 20.2. The highest BCUT2D eigenvalue weighted by Gasteiger charge is 2.21. The van der Waals surface area contributed by atoms with Crippen molar-refractivity contribution in [1.82, 2.24) is 16.0 Å². The molecule has 2 heterocycles. The van der Waals surface area contributed by atoms with Crippen LogP contribution in [0, 0.1) is 0 Å².